The Morgan fingerprint density at radius 3 is 2.45 bits per heavy atom. The summed E-state index contributed by atoms with van der Waals surface area (Å²) >= 11 is 0. The number of amides is 2. The van der Waals surface area contributed by atoms with Crippen molar-refractivity contribution in [2.24, 2.45) is 0 Å². The molecule has 166 valence electrons. The zero-order valence-corrected chi connectivity index (χ0v) is 18.8. The second-order valence-electron chi connectivity index (χ2n) is 9.10. The number of nitrogens with one attached hydrogen (secondary N) is 1. The van der Waals surface area contributed by atoms with Crippen molar-refractivity contribution < 1.29 is 14.3 Å². The van der Waals surface area contributed by atoms with Crippen LogP contribution < -0.4 is 10.1 Å². The van der Waals surface area contributed by atoms with Gasteiger partial charge in [0.25, 0.3) is 5.91 Å². The molecule has 2 aromatic rings. The molecule has 1 fully saturated rings. The van der Waals surface area contributed by atoms with E-state index in [9.17, 15) is 9.59 Å². The predicted octanol–water partition coefficient (Wildman–Crippen LogP) is 3.96. The summed E-state index contributed by atoms with van der Waals surface area (Å²) in [6, 6.07) is 11.8. The highest BCUT2D eigenvalue weighted by Gasteiger charge is 2.24. The zero-order valence-electron chi connectivity index (χ0n) is 18.8. The first kappa shape index (κ1) is 22.8. The van der Waals surface area contributed by atoms with Crippen molar-refractivity contribution in [2.75, 3.05) is 19.7 Å². The molecule has 1 saturated heterocycles. The SMILES string of the molecule is CC(C)(C)c1ccc(OCCCC(=O)NC2CCN(C(=O)c3cccnc3)CC2)cc1. The van der Waals surface area contributed by atoms with Gasteiger partial charge in [0.1, 0.15) is 5.75 Å². The van der Waals surface area contributed by atoms with Crippen LogP contribution in [0.3, 0.4) is 0 Å². The molecule has 0 saturated carbocycles. The number of piperidine rings is 1. The summed E-state index contributed by atoms with van der Waals surface area (Å²) in [6.07, 6.45) is 5.91. The number of nitrogens with zero attached hydrogens (tertiary/aromatic N) is 2. The smallest absolute Gasteiger partial charge is 0.255 e. The molecule has 0 spiro atoms. The van der Waals surface area contributed by atoms with E-state index in [1.54, 1.807) is 24.5 Å². The third-order valence-electron chi connectivity index (χ3n) is 5.59. The lowest BCUT2D eigenvalue weighted by Crippen LogP contribution is -2.46. The number of aromatic nitrogens is 1. The van der Waals surface area contributed by atoms with Gasteiger partial charge < -0.3 is 15.0 Å². The van der Waals surface area contributed by atoms with Crippen LogP contribution in [0, 0.1) is 0 Å². The lowest BCUT2D eigenvalue weighted by molar-refractivity contribution is -0.122. The second kappa shape index (κ2) is 10.4. The lowest BCUT2D eigenvalue weighted by atomic mass is 9.87. The molecule has 2 amide bonds. The van der Waals surface area contributed by atoms with Gasteiger partial charge in [0.15, 0.2) is 0 Å². The highest BCUT2D eigenvalue weighted by atomic mass is 16.5. The normalized spacial score (nSPS) is 14.9. The van der Waals surface area contributed by atoms with Crippen molar-refractivity contribution in [3.05, 3.63) is 59.9 Å². The third kappa shape index (κ3) is 6.81. The van der Waals surface area contributed by atoms with Crippen LogP contribution >= 0.6 is 0 Å². The molecule has 2 heterocycles. The first-order valence-corrected chi connectivity index (χ1v) is 11.0. The van der Waals surface area contributed by atoms with Crippen LogP contribution in [0.5, 0.6) is 5.75 Å². The number of hydrogen-bond donors (Lipinski definition) is 1. The summed E-state index contributed by atoms with van der Waals surface area (Å²) in [5.74, 6) is 0.883. The quantitative estimate of drug-likeness (QED) is 0.685. The molecule has 1 aliphatic rings. The summed E-state index contributed by atoms with van der Waals surface area (Å²) in [4.78, 5) is 30.6. The second-order valence-corrected chi connectivity index (χ2v) is 9.10. The maximum absolute atomic E-state index is 12.5. The van der Waals surface area contributed by atoms with Gasteiger partial charge in [-0.2, -0.15) is 0 Å². The molecule has 1 aliphatic heterocycles. The monoisotopic (exact) mass is 423 g/mol. The summed E-state index contributed by atoms with van der Waals surface area (Å²) in [5.41, 5.74) is 2.00. The van der Waals surface area contributed by atoms with Crippen LogP contribution in [0.25, 0.3) is 0 Å². The molecule has 1 aromatic heterocycles. The van der Waals surface area contributed by atoms with Crippen molar-refractivity contribution in [1.82, 2.24) is 15.2 Å². The molecule has 31 heavy (non-hydrogen) atoms. The van der Waals surface area contributed by atoms with Crippen LogP contribution in [-0.2, 0) is 10.2 Å². The molecule has 0 bridgehead atoms. The van der Waals surface area contributed by atoms with Crippen LogP contribution in [-0.4, -0.2) is 47.4 Å². The van der Waals surface area contributed by atoms with Gasteiger partial charge >= 0.3 is 0 Å². The number of ether oxygens (including phenoxy) is 1. The van der Waals surface area contributed by atoms with Crippen molar-refractivity contribution in [2.45, 2.75) is 57.9 Å². The highest BCUT2D eigenvalue weighted by Crippen LogP contribution is 2.24. The van der Waals surface area contributed by atoms with Gasteiger partial charge in [-0.15, -0.1) is 0 Å². The zero-order chi connectivity index (χ0) is 22.3. The lowest BCUT2D eigenvalue weighted by Gasteiger charge is -2.32. The highest BCUT2D eigenvalue weighted by molar-refractivity contribution is 5.93. The minimum atomic E-state index is 0.00515. The summed E-state index contributed by atoms with van der Waals surface area (Å²) < 4.78 is 5.77. The molecule has 3 rings (SSSR count). The number of carbonyl (C=O) groups excluding carboxylic acids is 2. The average molecular weight is 424 g/mol. The van der Waals surface area contributed by atoms with Gasteiger partial charge in [-0.3, -0.25) is 14.6 Å². The van der Waals surface area contributed by atoms with Gasteiger partial charge in [-0.25, -0.2) is 0 Å². The topological polar surface area (TPSA) is 71.5 Å². The molecule has 6 nitrogen and oxygen atoms in total. The van der Waals surface area contributed by atoms with Gasteiger partial charge in [0.2, 0.25) is 5.91 Å². The molecule has 0 unspecified atom stereocenters. The van der Waals surface area contributed by atoms with E-state index in [1.807, 2.05) is 17.0 Å². The molecular formula is C25H33N3O3. The Hall–Kier alpha value is -2.89. The van der Waals surface area contributed by atoms with E-state index in [0.29, 0.717) is 38.1 Å². The van der Waals surface area contributed by atoms with E-state index in [4.69, 9.17) is 4.74 Å². The van der Waals surface area contributed by atoms with E-state index in [-0.39, 0.29) is 23.3 Å². The maximum atomic E-state index is 12.5. The van der Waals surface area contributed by atoms with Crippen molar-refractivity contribution in [3.63, 3.8) is 0 Å². The first-order chi connectivity index (χ1) is 14.8. The summed E-state index contributed by atoms with van der Waals surface area (Å²) in [5, 5.41) is 3.10. The Bertz CT molecular complexity index is 852. The molecular weight excluding hydrogens is 390 g/mol. The van der Waals surface area contributed by atoms with Crippen LogP contribution in [0.15, 0.2) is 48.8 Å². The van der Waals surface area contributed by atoms with E-state index in [0.717, 1.165) is 18.6 Å². The van der Waals surface area contributed by atoms with Gasteiger partial charge in [-0.1, -0.05) is 32.9 Å². The molecule has 6 heteroatoms. The third-order valence-corrected chi connectivity index (χ3v) is 5.59. The van der Waals surface area contributed by atoms with Gasteiger partial charge in [0, 0.05) is 37.9 Å². The number of pyridine rings is 1. The number of likely N-dealkylation sites (tertiary alicyclic amines) is 1. The minimum Gasteiger partial charge on any atom is -0.494 e. The molecule has 0 radical (unpaired) electrons. The molecule has 0 aliphatic carbocycles. The predicted molar refractivity (Wildman–Crippen MR) is 121 cm³/mol. The van der Waals surface area contributed by atoms with E-state index < -0.39 is 0 Å². The number of hydrogen-bond acceptors (Lipinski definition) is 4. The Labute approximate surface area is 185 Å². The van der Waals surface area contributed by atoms with Crippen molar-refractivity contribution in [3.8, 4) is 5.75 Å². The fourth-order valence-electron chi connectivity index (χ4n) is 3.67. The largest absolute Gasteiger partial charge is 0.494 e. The fraction of sp³-hybridized carbons (Fsp3) is 0.480. The number of benzene rings is 1. The Morgan fingerprint density at radius 2 is 1.84 bits per heavy atom. The molecule has 1 N–H and O–H groups in total. The average Bonchev–Trinajstić information content (AvgIpc) is 2.77. The standard InChI is InChI=1S/C25H33N3O3/c1-25(2,3)20-8-10-22(11-9-20)31-17-5-7-23(29)27-21-12-15-28(16-13-21)24(30)19-6-4-14-26-18-19/h4,6,8-11,14,18,21H,5,7,12-13,15-17H2,1-3H3,(H,27,29). The van der Waals surface area contributed by atoms with E-state index in [2.05, 4.69) is 43.2 Å². The summed E-state index contributed by atoms with van der Waals surface area (Å²) in [7, 11) is 0. The maximum Gasteiger partial charge on any atom is 0.255 e. The van der Waals surface area contributed by atoms with Crippen LogP contribution in [0.4, 0.5) is 0 Å². The molecule has 1 aromatic carbocycles. The Morgan fingerprint density at radius 1 is 1.13 bits per heavy atom. The van der Waals surface area contributed by atoms with Gasteiger partial charge in [0.05, 0.1) is 12.2 Å². The van der Waals surface area contributed by atoms with Crippen LogP contribution in [0.2, 0.25) is 0 Å². The number of rotatable bonds is 7. The molecule has 0 atom stereocenters. The first-order valence-electron chi connectivity index (χ1n) is 11.0. The van der Waals surface area contributed by atoms with E-state index >= 15 is 0 Å². The minimum absolute atomic E-state index is 0.00515. The Balaban J connectivity index is 1.32. The van der Waals surface area contributed by atoms with Gasteiger partial charge in [-0.05, 0) is 54.5 Å². The fourth-order valence-corrected chi connectivity index (χ4v) is 3.67. The Kier molecular flexibility index (Phi) is 7.66. The van der Waals surface area contributed by atoms with Crippen molar-refractivity contribution >= 4 is 11.8 Å². The van der Waals surface area contributed by atoms with Crippen molar-refractivity contribution in [1.29, 1.82) is 0 Å². The van der Waals surface area contributed by atoms with E-state index in [1.165, 1.54) is 5.56 Å². The van der Waals surface area contributed by atoms with Crippen LogP contribution in [0.1, 0.15) is 62.4 Å². The summed E-state index contributed by atoms with van der Waals surface area (Å²) in [6.45, 7) is 8.36. The number of carbonyl (C=O) groups is 2.